The van der Waals surface area contributed by atoms with E-state index < -0.39 is 0 Å². The third kappa shape index (κ3) is 2.93. The molecule has 0 aliphatic heterocycles. The van der Waals surface area contributed by atoms with Crippen molar-refractivity contribution in [2.75, 3.05) is 5.32 Å². The molecule has 0 spiro atoms. The standard InChI is InChI=1S/C10H8BrClN2S/c11-9-6-15-10(14-9)13-5-7-3-1-2-4-8(7)12/h1-4,6H,5H2,(H,13,14). The maximum absolute atomic E-state index is 6.03. The molecule has 1 aromatic carbocycles. The molecule has 0 unspecified atom stereocenters. The van der Waals surface area contributed by atoms with Crippen LogP contribution in [0, 0.1) is 0 Å². The summed E-state index contributed by atoms with van der Waals surface area (Å²) in [5.74, 6) is 0. The molecule has 5 heteroatoms. The second-order valence-corrected chi connectivity index (χ2v) is 5.00. The summed E-state index contributed by atoms with van der Waals surface area (Å²) in [6, 6.07) is 7.78. The van der Waals surface area contributed by atoms with Crippen LogP contribution in [0.2, 0.25) is 5.02 Å². The third-order valence-electron chi connectivity index (χ3n) is 1.86. The Bertz CT molecular complexity index is 458. The summed E-state index contributed by atoms with van der Waals surface area (Å²) in [4.78, 5) is 4.24. The number of nitrogens with zero attached hydrogens (tertiary/aromatic N) is 1. The summed E-state index contributed by atoms with van der Waals surface area (Å²) in [5, 5.41) is 6.82. The summed E-state index contributed by atoms with van der Waals surface area (Å²) < 4.78 is 0.856. The van der Waals surface area contributed by atoms with Crippen molar-refractivity contribution in [3.8, 4) is 0 Å². The number of anilines is 1. The first-order valence-corrected chi connectivity index (χ1v) is 6.39. The SMILES string of the molecule is Clc1ccccc1CNc1nc(Br)cs1. The number of hydrogen-bond donors (Lipinski definition) is 1. The molecular formula is C10H8BrClN2S. The number of halogens is 2. The predicted octanol–water partition coefficient (Wildman–Crippen LogP) is 4.17. The average molecular weight is 304 g/mol. The maximum Gasteiger partial charge on any atom is 0.184 e. The second-order valence-electron chi connectivity index (χ2n) is 2.92. The summed E-state index contributed by atoms with van der Waals surface area (Å²) in [5.41, 5.74) is 1.07. The van der Waals surface area contributed by atoms with Gasteiger partial charge in [-0.1, -0.05) is 29.8 Å². The van der Waals surface area contributed by atoms with E-state index >= 15 is 0 Å². The Balaban J connectivity index is 2.02. The van der Waals surface area contributed by atoms with Gasteiger partial charge in [0.05, 0.1) is 0 Å². The average Bonchev–Trinajstić information content (AvgIpc) is 2.63. The van der Waals surface area contributed by atoms with Crippen LogP contribution < -0.4 is 5.32 Å². The molecule has 0 atom stereocenters. The van der Waals surface area contributed by atoms with E-state index in [0.29, 0.717) is 6.54 Å². The number of rotatable bonds is 3. The molecule has 2 nitrogen and oxygen atoms in total. The third-order valence-corrected chi connectivity index (χ3v) is 3.74. The highest BCUT2D eigenvalue weighted by atomic mass is 79.9. The Kier molecular flexibility index (Phi) is 3.61. The minimum Gasteiger partial charge on any atom is -0.357 e. The molecule has 78 valence electrons. The smallest absolute Gasteiger partial charge is 0.184 e. The minimum atomic E-state index is 0.694. The van der Waals surface area contributed by atoms with Crippen LogP contribution in [0.1, 0.15) is 5.56 Å². The summed E-state index contributed by atoms with van der Waals surface area (Å²) in [6.45, 7) is 0.694. The van der Waals surface area contributed by atoms with Gasteiger partial charge in [-0.05, 0) is 27.6 Å². The topological polar surface area (TPSA) is 24.9 Å². The highest BCUT2D eigenvalue weighted by molar-refractivity contribution is 9.10. The molecule has 0 radical (unpaired) electrons. The fourth-order valence-electron chi connectivity index (χ4n) is 1.15. The lowest BCUT2D eigenvalue weighted by Crippen LogP contribution is -1.99. The van der Waals surface area contributed by atoms with Gasteiger partial charge in [-0.2, -0.15) is 0 Å². The minimum absolute atomic E-state index is 0.694. The lowest BCUT2D eigenvalue weighted by atomic mass is 10.2. The van der Waals surface area contributed by atoms with Crippen molar-refractivity contribution in [3.63, 3.8) is 0 Å². The van der Waals surface area contributed by atoms with Gasteiger partial charge in [-0.15, -0.1) is 11.3 Å². The van der Waals surface area contributed by atoms with Gasteiger partial charge in [0.2, 0.25) is 0 Å². The van der Waals surface area contributed by atoms with E-state index in [1.807, 2.05) is 29.6 Å². The lowest BCUT2D eigenvalue weighted by Gasteiger charge is -2.04. The predicted molar refractivity (Wildman–Crippen MR) is 68.6 cm³/mol. The lowest BCUT2D eigenvalue weighted by molar-refractivity contribution is 1.13. The summed E-state index contributed by atoms with van der Waals surface area (Å²) >= 11 is 10.9. The van der Waals surface area contributed by atoms with Crippen LogP contribution in [0.3, 0.4) is 0 Å². The van der Waals surface area contributed by atoms with E-state index in [0.717, 1.165) is 20.3 Å². The Morgan fingerprint density at radius 3 is 2.87 bits per heavy atom. The summed E-state index contributed by atoms with van der Waals surface area (Å²) in [7, 11) is 0. The number of thiazole rings is 1. The first-order chi connectivity index (χ1) is 7.25. The molecule has 0 fully saturated rings. The molecule has 0 bridgehead atoms. The van der Waals surface area contributed by atoms with Crippen molar-refractivity contribution in [1.29, 1.82) is 0 Å². The van der Waals surface area contributed by atoms with Crippen LogP contribution in [0.25, 0.3) is 0 Å². The first-order valence-electron chi connectivity index (χ1n) is 4.34. The molecule has 2 rings (SSSR count). The Hall–Kier alpha value is -0.580. The van der Waals surface area contributed by atoms with E-state index in [-0.39, 0.29) is 0 Å². The van der Waals surface area contributed by atoms with E-state index in [2.05, 4.69) is 26.2 Å². The molecule has 1 heterocycles. The van der Waals surface area contributed by atoms with Gasteiger partial charge in [0.15, 0.2) is 5.13 Å². The molecule has 0 amide bonds. The zero-order valence-corrected chi connectivity index (χ0v) is 10.9. The number of benzene rings is 1. The molecule has 15 heavy (non-hydrogen) atoms. The van der Waals surface area contributed by atoms with Crippen molar-refractivity contribution < 1.29 is 0 Å². The van der Waals surface area contributed by atoms with Crippen molar-refractivity contribution in [1.82, 2.24) is 4.98 Å². The zero-order valence-electron chi connectivity index (χ0n) is 7.71. The Labute approximate surface area is 105 Å². The largest absolute Gasteiger partial charge is 0.357 e. The van der Waals surface area contributed by atoms with Gasteiger partial charge in [-0.25, -0.2) is 4.98 Å². The van der Waals surface area contributed by atoms with Gasteiger partial charge in [0.25, 0.3) is 0 Å². The molecule has 0 aliphatic rings. The fourth-order valence-corrected chi connectivity index (χ4v) is 2.49. The molecule has 2 aromatic rings. The fraction of sp³-hybridized carbons (Fsp3) is 0.100. The Morgan fingerprint density at radius 2 is 2.20 bits per heavy atom. The highest BCUT2D eigenvalue weighted by Gasteiger charge is 2.01. The second kappa shape index (κ2) is 4.96. The molecule has 1 aromatic heterocycles. The van der Waals surface area contributed by atoms with Crippen molar-refractivity contribution in [2.24, 2.45) is 0 Å². The van der Waals surface area contributed by atoms with Crippen LogP contribution >= 0.6 is 38.9 Å². The number of nitrogens with one attached hydrogen (secondary N) is 1. The van der Waals surface area contributed by atoms with E-state index in [4.69, 9.17) is 11.6 Å². The number of hydrogen-bond acceptors (Lipinski definition) is 3. The van der Waals surface area contributed by atoms with Gasteiger partial charge in [0, 0.05) is 16.9 Å². The maximum atomic E-state index is 6.03. The monoisotopic (exact) mass is 302 g/mol. The number of aromatic nitrogens is 1. The van der Waals surface area contributed by atoms with Gasteiger partial charge >= 0.3 is 0 Å². The van der Waals surface area contributed by atoms with Gasteiger partial charge in [0.1, 0.15) is 4.60 Å². The van der Waals surface area contributed by atoms with Gasteiger partial charge in [-0.3, -0.25) is 0 Å². The van der Waals surface area contributed by atoms with Crippen LogP contribution in [-0.4, -0.2) is 4.98 Å². The van der Waals surface area contributed by atoms with E-state index in [9.17, 15) is 0 Å². The zero-order chi connectivity index (χ0) is 10.7. The highest BCUT2D eigenvalue weighted by Crippen LogP contribution is 2.21. The molecule has 0 saturated heterocycles. The normalized spacial score (nSPS) is 10.3. The first kappa shape index (κ1) is 10.9. The Morgan fingerprint density at radius 1 is 1.40 bits per heavy atom. The van der Waals surface area contributed by atoms with Crippen molar-refractivity contribution >= 4 is 44.0 Å². The van der Waals surface area contributed by atoms with Gasteiger partial charge < -0.3 is 5.32 Å². The molecule has 1 N–H and O–H groups in total. The molecular weight excluding hydrogens is 296 g/mol. The quantitative estimate of drug-likeness (QED) is 0.920. The molecule has 0 saturated carbocycles. The summed E-state index contributed by atoms with van der Waals surface area (Å²) in [6.07, 6.45) is 0. The van der Waals surface area contributed by atoms with Crippen molar-refractivity contribution in [3.05, 3.63) is 44.8 Å². The van der Waals surface area contributed by atoms with E-state index in [1.165, 1.54) is 0 Å². The van der Waals surface area contributed by atoms with E-state index in [1.54, 1.807) is 11.3 Å². The van der Waals surface area contributed by atoms with Crippen molar-refractivity contribution in [2.45, 2.75) is 6.54 Å². The van der Waals surface area contributed by atoms with Crippen LogP contribution in [0.15, 0.2) is 34.2 Å². The molecule has 0 aliphatic carbocycles. The van der Waals surface area contributed by atoms with Crippen LogP contribution in [0.4, 0.5) is 5.13 Å². The van der Waals surface area contributed by atoms with Crippen LogP contribution in [0.5, 0.6) is 0 Å². The van der Waals surface area contributed by atoms with Crippen LogP contribution in [-0.2, 0) is 6.54 Å².